The third-order valence-corrected chi connectivity index (χ3v) is 3.28. The molecule has 19 heavy (non-hydrogen) atoms. The third kappa shape index (κ3) is 4.44. The van der Waals surface area contributed by atoms with Crippen molar-refractivity contribution in [3.8, 4) is 5.75 Å². The molecular formula is C14H20N2O3. The standard InChI is InChI=1S/C14H20N2O3/c15-14(18)9-19-13-3-1-2-11(8-13)16-10-4-6-12(17)7-5-10/h1-3,8,10,12,16-17H,4-7,9H2,(H2,15,18). The van der Waals surface area contributed by atoms with E-state index in [2.05, 4.69) is 5.32 Å². The van der Waals surface area contributed by atoms with Crippen molar-refractivity contribution in [1.82, 2.24) is 0 Å². The molecule has 1 saturated carbocycles. The van der Waals surface area contributed by atoms with Crippen molar-refractivity contribution in [3.63, 3.8) is 0 Å². The number of carbonyl (C=O) groups is 1. The third-order valence-electron chi connectivity index (χ3n) is 3.28. The molecule has 2 rings (SSSR count). The van der Waals surface area contributed by atoms with E-state index in [-0.39, 0.29) is 12.7 Å². The molecule has 0 aromatic heterocycles. The Balaban J connectivity index is 1.89. The average Bonchev–Trinajstić information content (AvgIpc) is 2.40. The highest BCUT2D eigenvalue weighted by molar-refractivity contribution is 5.75. The van der Waals surface area contributed by atoms with Gasteiger partial charge in [-0.05, 0) is 37.8 Å². The molecule has 1 aliphatic carbocycles. The first-order chi connectivity index (χ1) is 9.13. The number of aliphatic hydroxyl groups excluding tert-OH is 1. The summed E-state index contributed by atoms with van der Waals surface area (Å²) in [6.07, 6.45) is 3.47. The zero-order valence-corrected chi connectivity index (χ0v) is 10.8. The topological polar surface area (TPSA) is 84.6 Å². The highest BCUT2D eigenvalue weighted by Gasteiger charge is 2.18. The zero-order valence-electron chi connectivity index (χ0n) is 10.8. The first-order valence-corrected chi connectivity index (χ1v) is 6.59. The maximum Gasteiger partial charge on any atom is 0.255 e. The van der Waals surface area contributed by atoms with E-state index in [1.165, 1.54) is 0 Å². The number of ether oxygens (including phenoxy) is 1. The number of anilines is 1. The molecule has 104 valence electrons. The van der Waals surface area contributed by atoms with E-state index in [0.29, 0.717) is 11.8 Å². The fraction of sp³-hybridized carbons (Fsp3) is 0.500. The number of rotatable bonds is 5. The fourth-order valence-electron chi connectivity index (χ4n) is 2.29. The molecule has 0 spiro atoms. The van der Waals surface area contributed by atoms with Crippen LogP contribution in [-0.2, 0) is 4.79 Å². The van der Waals surface area contributed by atoms with Gasteiger partial charge < -0.3 is 20.9 Å². The first-order valence-electron chi connectivity index (χ1n) is 6.59. The van der Waals surface area contributed by atoms with Gasteiger partial charge in [0.2, 0.25) is 0 Å². The average molecular weight is 264 g/mol. The van der Waals surface area contributed by atoms with Gasteiger partial charge in [0.25, 0.3) is 5.91 Å². The lowest BCUT2D eigenvalue weighted by molar-refractivity contribution is -0.119. The fourth-order valence-corrected chi connectivity index (χ4v) is 2.29. The summed E-state index contributed by atoms with van der Waals surface area (Å²) < 4.78 is 5.26. The molecule has 1 fully saturated rings. The van der Waals surface area contributed by atoms with Crippen molar-refractivity contribution in [3.05, 3.63) is 24.3 Å². The van der Waals surface area contributed by atoms with Crippen LogP contribution in [0.4, 0.5) is 5.69 Å². The summed E-state index contributed by atoms with van der Waals surface area (Å²) in [4.78, 5) is 10.7. The van der Waals surface area contributed by atoms with Crippen LogP contribution in [0, 0.1) is 0 Å². The van der Waals surface area contributed by atoms with Crippen molar-refractivity contribution >= 4 is 11.6 Å². The maximum absolute atomic E-state index is 10.7. The lowest BCUT2D eigenvalue weighted by Gasteiger charge is -2.27. The number of hydrogen-bond acceptors (Lipinski definition) is 4. The second-order valence-corrected chi connectivity index (χ2v) is 4.93. The summed E-state index contributed by atoms with van der Waals surface area (Å²) in [5, 5.41) is 12.9. The second-order valence-electron chi connectivity index (χ2n) is 4.93. The highest BCUT2D eigenvalue weighted by atomic mass is 16.5. The van der Waals surface area contributed by atoms with Gasteiger partial charge >= 0.3 is 0 Å². The second kappa shape index (κ2) is 6.43. The van der Waals surface area contributed by atoms with Gasteiger partial charge in [-0.2, -0.15) is 0 Å². The molecule has 4 N–H and O–H groups in total. The minimum Gasteiger partial charge on any atom is -0.484 e. The number of benzene rings is 1. The number of hydrogen-bond donors (Lipinski definition) is 3. The Hall–Kier alpha value is -1.75. The number of aliphatic hydroxyl groups is 1. The number of nitrogens with two attached hydrogens (primary N) is 1. The van der Waals surface area contributed by atoms with Crippen molar-refractivity contribution in [2.24, 2.45) is 5.73 Å². The van der Waals surface area contributed by atoms with E-state index in [0.717, 1.165) is 31.4 Å². The van der Waals surface area contributed by atoms with Crippen LogP contribution in [-0.4, -0.2) is 29.8 Å². The van der Waals surface area contributed by atoms with Crippen molar-refractivity contribution in [2.75, 3.05) is 11.9 Å². The molecule has 1 aromatic carbocycles. The molecule has 5 nitrogen and oxygen atoms in total. The predicted molar refractivity (Wildman–Crippen MR) is 73.0 cm³/mol. The predicted octanol–water partition coefficient (Wildman–Crippen LogP) is 1.27. The van der Waals surface area contributed by atoms with Crippen molar-refractivity contribution in [1.29, 1.82) is 0 Å². The quantitative estimate of drug-likeness (QED) is 0.747. The Labute approximate surface area is 112 Å². The molecule has 1 amide bonds. The van der Waals surface area contributed by atoms with Gasteiger partial charge in [0.15, 0.2) is 6.61 Å². The smallest absolute Gasteiger partial charge is 0.255 e. The molecule has 0 atom stereocenters. The van der Waals surface area contributed by atoms with Crippen LogP contribution >= 0.6 is 0 Å². The van der Waals surface area contributed by atoms with E-state index in [4.69, 9.17) is 10.5 Å². The van der Waals surface area contributed by atoms with Gasteiger partial charge in [0.05, 0.1) is 6.10 Å². The molecule has 0 saturated heterocycles. The number of nitrogens with one attached hydrogen (secondary N) is 1. The van der Waals surface area contributed by atoms with Crippen molar-refractivity contribution in [2.45, 2.75) is 37.8 Å². The summed E-state index contributed by atoms with van der Waals surface area (Å²) in [5.74, 6) is 0.138. The van der Waals surface area contributed by atoms with E-state index in [9.17, 15) is 9.90 Å². The molecule has 1 aromatic rings. The van der Waals surface area contributed by atoms with Gasteiger partial charge in [0, 0.05) is 17.8 Å². The summed E-state index contributed by atoms with van der Waals surface area (Å²) in [7, 11) is 0. The van der Waals surface area contributed by atoms with Gasteiger partial charge in [-0.25, -0.2) is 0 Å². The van der Waals surface area contributed by atoms with Crippen LogP contribution in [0.3, 0.4) is 0 Å². The summed E-state index contributed by atoms with van der Waals surface area (Å²) in [5.41, 5.74) is 6.00. The number of amides is 1. The van der Waals surface area contributed by atoms with Crippen LogP contribution in [0.2, 0.25) is 0 Å². The molecule has 0 aliphatic heterocycles. The van der Waals surface area contributed by atoms with E-state index < -0.39 is 5.91 Å². The Bertz CT molecular complexity index is 428. The van der Waals surface area contributed by atoms with Crippen LogP contribution in [0.25, 0.3) is 0 Å². The summed E-state index contributed by atoms with van der Waals surface area (Å²) in [6.45, 7) is -0.112. The Morgan fingerprint density at radius 3 is 2.79 bits per heavy atom. The number of carbonyl (C=O) groups excluding carboxylic acids is 1. The minimum atomic E-state index is -0.486. The molecular weight excluding hydrogens is 244 g/mol. The summed E-state index contributed by atoms with van der Waals surface area (Å²) in [6, 6.07) is 7.86. The molecule has 0 unspecified atom stereocenters. The van der Waals surface area contributed by atoms with Crippen molar-refractivity contribution < 1.29 is 14.6 Å². The highest BCUT2D eigenvalue weighted by Crippen LogP contribution is 2.24. The normalized spacial score (nSPS) is 22.8. The van der Waals surface area contributed by atoms with Gasteiger partial charge in [-0.3, -0.25) is 4.79 Å². The molecule has 0 bridgehead atoms. The Kier molecular flexibility index (Phi) is 4.63. The lowest BCUT2D eigenvalue weighted by Crippen LogP contribution is -2.28. The molecule has 5 heteroatoms. The number of primary amides is 1. The van der Waals surface area contributed by atoms with E-state index >= 15 is 0 Å². The Morgan fingerprint density at radius 2 is 2.11 bits per heavy atom. The molecule has 0 radical (unpaired) electrons. The first kappa shape index (κ1) is 13.7. The maximum atomic E-state index is 10.7. The van der Waals surface area contributed by atoms with Gasteiger partial charge in [-0.15, -0.1) is 0 Å². The monoisotopic (exact) mass is 264 g/mol. The molecule has 1 aliphatic rings. The van der Waals surface area contributed by atoms with Crippen LogP contribution in [0.15, 0.2) is 24.3 Å². The van der Waals surface area contributed by atoms with E-state index in [1.807, 2.05) is 18.2 Å². The van der Waals surface area contributed by atoms with Gasteiger partial charge in [-0.1, -0.05) is 6.07 Å². The van der Waals surface area contributed by atoms with E-state index in [1.54, 1.807) is 6.07 Å². The summed E-state index contributed by atoms with van der Waals surface area (Å²) >= 11 is 0. The van der Waals surface area contributed by atoms with Crippen LogP contribution < -0.4 is 15.8 Å². The zero-order chi connectivity index (χ0) is 13.7. The van der Waals surface area contributed by atoms with Gasteiger partial charge in [0.1, 0.15) is 5.75 Å². The lowest BCUT2D eigenvalue weighted by atomic mass is 9.93. The Morgan fingerprint density at radius 1 is 1.37 bits per heavy atom. The largest absolute Gasteiger partial charge is 0.484 e. The SMILES string of the molecule is NC(=O)COc1cccc(NC2CCC(O)CC2)c1. The van der Waals surface area contributed by atoms with Crippen LogP contribution in [0.5, 0.6) is 5.75 Å². The molecule has 0 heterocycles. The van der Waals surface area contributed by atoms with Crippen LogP contribution in [0.1, 0.15) is 25.7 Å². The minimum absolute atomic E-state index is 0.112.